The molecule has 1 aromatic rings. The van der Waals surface area contributed by atoms with Crippen LogP contribution in [0.4, 0.5) is 0 Å². The summed E-state index contributed by atoms with van der Waals surface area (Å²) in [5.74, 6) is -1.28. The minimum Gasteiger partial charge on any atom is -0.480 e. The van der Waals surface area contributed by atoms with Crippen molar-refractivity contribution in [3.05, 3.63) is 35.4 Å². The number of carboxylic acids is 1. The van der Waals surface area contributed by atoms with Crippen molar-refractivity contribution in [3.63, 3.8) is 0 Å². The molecule has 0 saturated heterocycles. The lowest BCUT2D eigenvalue weighted by molar-refractivity contribution is -0.144. The van der Waals surface area contributed by atoms with E-state index in [1.807, 2.05) is 31.2 Å². The van der Waals surface area contributed by atoms with E-state index < -0.39 is 17.4 Å². The van der Waals surface area contributed by atoms with Gasteiger partial charge in [-0.2, -0.15) is 0 Å². The van der Waals surface area contributed by atoms with Crippen LogP contribution in [0.5, 0.6) is 0 Å². The normalized spacial score (nSPS) is 12.8. The van der Waals surface area contributed by atoms with E-state index in [0.717, 1.165) is 11.1 Å². The molecule has 0 aliphatic carbocycles. The molecule has 1 atom stereocenters. The largest absolute Gasteiger partial charge is 0.480 e. The SMILES string of the molecule is Cc1ccc(CC(=O)NC(C(=O)O)C(C)(C)C)cc1. The fraction of sp³-hybridized carbons (Fsp3) is 0.467. The van der Waals surface area contributed by atoms with Gasteiger partial charge in [0.2, 0.25) is 5.91 Å². The molecule has 1 aromatic carbocycles. The van der Waals surface area contributed by atoms with E-state index in [-0.39, 0.29) is 12.3 Å². The Bertz CT molecular complexity index is 457. The zero-order chi connectivity index (χ0) is 14.6. The smallest absolute Gasteiger partial charge is 0.326 e. The van der Waals surface area contributed by atoms with Crippen LogP contribution in [0.25, 0.3) is 0 Å². The molecule has 0 aliphatic heterocycles. The highest BCUT2D eigenvalue weighted by Crippen LogP contribution is 2.19. The number of carbonyl (C=O) groups is 2. The van der Waals surface area contributed by atoms with Gasteiger partial charge in [0, 0.05) is 0 Å². The summed E-state index contributed by atoms with van der Waals surface area (Å²) in [6, 6.07) is 6.73. The van der Waals surface area contributed by atoms with E-state index in [9.17, 15) is 9.59 Å². The second kappa shape index (κ2) is 5.87. The lowest BCUT2D eigenvalue weighted by atomic mass is 9.86. The summed E-state index contributed by atoms with van der Waals surface area (Å²) < 4.78 is 0. The average Bonchev–Trinajstić information content (AvgIpc) is 2.27. The molecule has 0 heterocycles. The van der Waals surface area contributed by atoms with Crippen molar-refractivity contribution in [3.8, 4) is 0 Å². The van der Waals surface area contributed by atoms with E-state index >= 15 is 0 Å². The van der Waals surface area contributed by atoms with Crippen molar-refractivity contribution in [2.45, 2.75) is 40.2 Å². The zero-order valence-corrected chi connectivity index (χ0v) is 11.9. The van der Waals surface area contributed by atoms with E-state index in [1.54, 1.807) is 20.8 Å². The van der Waals surface area contributed by atoms with Crippen LogP contribution in [0.15, 0.2) is 24.3 Å². The molecule has 0 saturated carbocycles. The summed E-state index contributed by atoms with van der Waals surface area (Å²) in [6.07, 6.45) is 0.195. The van der Waals surface area contributed by atoms with Crippen LogP contribution in [0.3, 0.4) is 0 Å². The summed E-state index contributed by atoms with van der Waals surface area (Å²) in [4.78, 5) is 23.0. The maximum Gasteiger partial charge on any atom is 0.326 e. The number of hydrogen-bond acceptors (Lipinski definition) is 2. The molecule has 1 rings (SSSR count). The van der Waals surface area contributed by atoms with Crippen molar-refractivity contribution in [1.29, 1.82) is 0 Å². The van der Waals surface area contributed by atoms with Crippen molar-refractivity contribution < 1.29 is 14.7 Å². The number of aryl methyl sites for hydroxylation is 1. The number of nitrogens with one attached hydrogen (secondary N) is 1. The minimum absolute atomic E-state index is 0.195. The van der Waals surface area contributed by atoms with E-state index in [2.05, 4.69) is 5.32 Å². The van der Waals surface area contributed by atoms with E-state index in [1.165, 1.54) is 0 Å². The third-order valence-corrected chi connectivity index (χ3v) is 2.90. The van der Waals surface area contributed by atoms with Crippen LogP contribution in [0.1, 0.15) is 31.9 Å². The Hall–Kier alpha value is -1.84. The molecular weight excluding hydrogens is 242 g/mol. The van der Waals surface area contributed by atoms with Crippen LogP contribution < -0.4 is 5.32 Å². The van der Waals surface area contributed by atoms with Gasteiger partial charge in [-0.25, -0.2) is 4.79 Å². The second-order valence-corrected chi connectivity index (χ2v) is 5.87. The summed E-state index contributed by atoms with van der Waals surface area (Å²) in [5.41, 5.74) is 1.48. The maximum atomic E-state index is 11.9. The van der Waals surface area contributed by atoms with Gasteiger partial charge in [-0.15, -0.1) is 0 Å². The first kappa shape index (κ1) is 15.2. The number of aliphatic carboxylic acids is 1. The third-order valence-electron chi connectivity index (χ3n) is 2.90. The Morgan fingerprint density at radius 3 is 2.16 bits per heavy atom. The fourth-order valence-electron chi connectivity index (χ4n) is 1.75. The molecule has 4 heteroatoms. The summed E-state index contributed by atoms with van der Waals surface area (Å²) >= 11 is 0. The molecule has 19 heavy (non-hydrogen) atoms. The molecule has 0 radical (unpaired) electrons. The van der Waals surface area contributed by atoms with Crippen molar-refractivity contribution >= 4 is 11.9 Å². The molecule has 0 aliphatic rings. The molecule has 0 spiro atoms. The summed E-state index contributed by atoms with van der Waals surface area (Å²) in [7, 11) is 0. The van der Waals surface area contributed by atoms with Gasteiger partial charge in [0.05, 0.1) is 6.42 Å². The molecular formula is C15H21NO3. The Kier molecular flexibility index (Phi) is 4.70. The number of benzene rings is 1. The lowest BCUT2D eigenvalue weighted by Gasteiger charge is -2.27. The van der Waals surface area contributed by atoms with Crippen LogP contribution in [0.2, 0.25) is 0 Å². The highest BCUT2D eigenvalue weighted by Gasteiger charge is 2.32. The highest BCUT2D eigenvalue weighted by atomic mass is 16.4. The molecule has 1 unspecified atom stereocenters. The average molecular weight is 263 g/mol. The monoisotopic (exact) mass is 263 g/mol. The number of carboxylic acid groups (broad SMARTS) is 1. The maximum absolute atomic E-state index is 11.9. The zero-order valence-electron chi connectivity index (χ0n) is 11.9. The molecule has 0 fully saturated rings. The Morgan fingerprint density at radius 2 is 1.74 bits per heavy atom. The number of hydrogen-bond donors (Lipinski definition) is 2. The van der Waals surface area contributed by atoms with Crippen LogP contribution >= 0.6 is 0 Å². The highest BCUT2D eigenvalue weighted by molar-refractivity contribution is 5.85. The summed E-state index contributed by atoms with van der Waals surface area (Å²) in [6.45, 7) is 7.34. The van der Waals surface area contributed by atoms with E-state index in [0.29, 0.717) is 0 Å². The molecule has 104 valence electrons. The molecule has 2 N–H and O–H groups in total. The van der Waals surface area contributed by atoms with Gasteiger partial charge in [-0.3, -0.25) is 4.79 Å². The first-order valence-electron chi connectivity index (χ1n) is 6.28. The topological polar surface area (TPSA) is 66.4 Å². The minimum atomic E-state index is -1.01. The predicted molar refractivity (Wildman–Crippen MR) is 73.9 cm³/mol. The quantitative estimate of drug-likeness (QED) is 0.874. The van der Waals surface area contributed by atoms with Gasteiger partial charge < -0.3 is 10.4 Å². The second-order valence-electron chi connectivity index (χ2n) is 5.87. The summed E-state index contributed by atoms with van der Waals surface area (Å²) in [5, 5.41) is 11.7. The Labute approximate surface area is 113 Å². The molecule has 4 nitrogen and oxygen atoms in total. The van der Waals surface area contributed by atoms with Crippen LogP contribution in [-0.4, -0.2) is 23.0 Å². The van der Waals surface area contributed by atoms with Gasteiger partial charge in [0.25, 0.3) is 0 Å². The van der Waals surface area contributed by atoms with Crippen molar-refractivity contribution in [1.82, 2.24) is 5.32 Å². The standard InChI is InChI=1S/C15H21NO3/c1-10-5-7-11(8-6-10)9-12(17)16-13(14(18)19)15(2,3)4/h5-8,13H,9H2,1-4H3,(H,16,17)(H,18,19). The third kappa shape index (κ3) is 4.73. The number of amides is 1. The lowest BCUT2D eigenvalue weighted by Crippen LogP contribution is -2.49. The van der Waals surface area contributed by atoms with Crippen molar-refractivity contribution in [2.24, 2.45) is 5.41 Å². The first-order chi connectivity index (χ1) is 8.70. The van der Waals surface area contributed by atoms with Crippen LogP contribution in [0, 0.1) is 12.3 Å². The Balaban J connectivity index is 2.68. The molecule has 1 amide bonds. The molecule has 0 bridgehead atoms. The van der Waals surface area contributed by atoms with Crippen molar-refractivity contribution in [2.75, 3.05) is 0 Å². The van der Waals surface area contributed by atoms with Gasteiger partial charge in [0.15, 0.2) is 0 Å². The first-order valence-corrected chi connectivity index (χ1v) is 6.28. The van der Waals surface area contributed by atoms with Gasteiger partial charge in [-0.1, -0.05) is 50.6 Å². The van der Waals surface area contributed by atoms with Crippen LogP contribution in [-0.2, 0) is 16.0 Å². The van der Waals surface area contributed by atoms with Gasteiger partial charge in [-0.05, 0) is 17.9 Å². The molecule has 0 aromatic heterocycles. The number of carbonyl (C=O) groups excluding carboxylic acids is 1. The predicted octanol–water partition coefficient (Wildman–Crippen LogP) is 2.15. The van der Waals surface area contributed by atoms with E-state index in [4.69, 9.17) is 5.11 Å². The van der Waals surface area contributed by atoms with Gasteiger partial charge >= 0.3 is 5.97 Å². The number of rotatable bonds is 4. The van der Waals surface area contributed by atoms with Gasteiger partial charge in [0.1, 0.15) is 6.04 Å². The fourth-order valence-corrected chi connectivity index (χ4v) is 1.75. The Morgan fingerprint density at radius 1 is 1.21 bits per heavy atom.